The van der Waals surface area contributed by atoms with Crippen molar-refractivity contribution in [3.05, 3.63) is 35.9 Å². The van der Waals surface area contributed by atoms with E-state index in [9.17, 15) is 52.7 Å². The summed E-state index contributed by atoms with van der Waals surface area (Å²) >= 11 is 0. The molecule has 2 heterocycles. The highest BCUT2D eigenvalue weighted by Gasteiger charge is 2.45. The predicted molar refractivity (Wildman–Crippen MR) is 391 cm³/mol. The van der Waals surface area contributed by atoms with E-state index in [2.05, 4.69) is 31.9 Å². The average Bonchev–Trinajstić information content (AvgIpc) is 1.41. The average molecular weight is 1470 g/mol. The summed E-state index contributed by atoms with van der Waals surface area (Å²) in [5.41, 5.74) is -0.736. The highest BCUT2D eigenvalue weighted by molar-refractivity contribution is 5.96. The van der Waals surface area contributed by atoms with Gasteiger partial charge in [0.15, 0.2) is 0 Å². The summed E-state index contributed by atoms with van der Waals surface area (Å²) < 4.78 is 45.1. The minimum absolute atomic E-state index is 0.0113. The topological polar surface area (TPSA) is 347 Å². The van der Waals surface area contributed by atoms with Crippen molar-refractivity contribution < 1.29 is 90.6 Å². The molecular weight excluding hydrogens is 1340 g/mol. The Morgan fingerprint density at radius 1 is 0.606 bits per heavy atom. The number of amides is 9. The van der Waals surface area contributed by atoms with Crippen LogP contribution in [0.15, 0.2) is 30.3 Å². The lowest BCUT2D eigenvalue weighted by atomic mass is 9.89. The van der Waals surface area contributed by atoms with Crippen LogP contribution in [0.5, 0.6) is 0 Å². The Balaban J connectivity index is 1.63. The fourth-order valence-electron chi connectivity index (χ4n) is 13.0. The van der Waals surface area contributed by atoms with Crippen LogP contribution in [0.1, 0.15) is 167 Å². The Kier molecular flexibility index (Phi) is 39.8. The van der Waals surface area contributed by atoms with Crippen LogP contribution in [0, 0.1) is 29.6 Å². The molecule has 0 unspecified atom stereocenters. The van der Waals surface area contributed by atoms with Crippen LogP contribution >= 0.6 is 0 Å². The number of hydrogen-bond acceptors (Lipinski definition) is 20. The number of alkyl carbamates (subject to hydrolysis) is 1. The van der Waals surface area contributed by atoms with Gasteiger partial charge in [0.25, 0.3) is 0 Å². The molecule has 0 spiro atoms. The second-order valence-electron chi connectivity index (χ2n) is 30.4. The molecular formula is C75H128N10O19. The zero-order valence-electron chi connectivity index (χ0n) is 65.9. The van der Waals surface area contributed by atoms with Crippen LogP contribution in [0.4, 0.5) is 4.79 Å². The zero-order chi connectivity index (χ0) is 78.2. The van der Waals surface area contributed by atoms with Crippen molar-refractivity contribution in [2.24, 2.45) is 29.6 Å². The Labute approximate surface area is 618 Å². The van der Waals surface area contributed by atoms with Crippen molar-refractivity contribution in [1.29, 1.82) is 0 Å². The van der Waals surface area contributed by atoms with Gasteiger partial charge in [0.1, 0.15) is 41.4 Å². The molecule has 9 amide bonds. The lowest BCUT2D eigenvalue weighted by molar-refractivity contribution is -0.158. The number of ether oxygens (including phenoxy) is 8. The van der Waals surface area contributed by atoms with Crippen LogP contribution in [0.25, 0.3) is 0 Å². The highest BCUT2D eigenvalue weighted by atomic mass is 16.6. The Morgan fingerprint density at radius 2 is 1.20 bits per heavy atom. The Hall–Kier alpha value is -7.05. The number of methoxy groups -OCH3 is 2. The molecule has 2 fully saturated rings. The molecule has 0 bridgehead atoms. The third-order valence-electron chi connectivity index (χ3n) is 18.3. The van der Waals surface area contributed by atoms with E-state index in [1.807, 2.05) is 90.9 Å². The quantitative estimate of drug-likeness (QED) is 0.0292. The molecule has 29 heteroatoms. The van der Waals surface area contributed by atoms with Crippen LogP contribution in [-0.2, 0) is 92.3 Å². The first-order valence-corrected chi connectivity index (χ1v) is 37.1. The second-order valence-corrected chi connectivity index (χ2v) is 30.4. The number of rotatable bonds is 45. The first kappa shape index (κ1) is 91.2. The summed E-state index contributed by atoms with van der Waals surface area (Å²) in [5.74, 6) is -6.85. The number of carbonyl (C=O) groups is 11. The summed E-state index contributed by atoms with van der Waals surface area (Å²) in [4.78, 5) is 158. The molecule has 2 aliphatic rings. The molecule has 6 N–H and O–H groups in total. The van der Waals surface area contributed by atoms with Crippen molar-refractivity contribution in [2.45, 2.75) is 240 Å². The van der Waals surface area contributed by atoms with Crippen LogP contribution in [0.2, 0.25) is 0 Å². The van der Waals surface area contributed by atoms with E-state index in [1.165, 1.54) is 19.1 Å². The third kappa shape index (κ3) is 31.2. The molecule has 592 valence electrons. The number of nitrogens with zero attached hydrogens (tertiary/aromatic N) is 4. The molecule has 2 aliphatic heterocycles. The SMILES string of the molecule is CC[C@H](C)[C@@H]([C@@H](CC(=O)N1CCC[C@H]1[C@H](OC)[C@@H](C)C(=O)N[C@@H](Cc1ccccc1)C(=O)NCCCOC(=O)[C@@H](NC(=O)[C@@H]1CCCN1C(=O)[C@H](CC(=O)OC(C)(C)C)NC(=O)CCOCCOCCOCCNC(=O)OC(C)(C)C)C(C)C)OC)N(C)C(=O)[C@@H](NC(=O)[C@H](C(C)C)N(C)C)C(C)C. The highest BCUT2D eigenvalue weighted by Crippen LogP contribution is 2.31. The molecule has 104 heavy (non-hydrogen) atoms. The van der Waals surface area contributed by atoms with Gasteiger partial charge in [0, 0.05) is 60.3 Å². The fourth-order valence-corrected chi connectivity index (χ4v) is 13.0. The number of hydrogen-bond donors (Lipinski definition) is 6. The number of esters is 2. The number of likely N-dealkylation sites (tertiary alicyclic amines) is 2. The summed E-state index contributed by atoms with van der Waals surface area (Å²) in [5, 5.41) is 16.9. The largest absolute Gasteiger partial charge is 0.464 e. The van der Waals surface area contributed by atoms with Crippen LogP contribution in [0.3, 0.4) is 0 Å². The molecule has 12 atom stereocenters. The monoisotopic (exact) mass is 1470 g/mol. The fraction of sp³-hybridized carbons (Fsp3) is 0.773. The maximum absolute atomic E-state index is 14.6. The van der Waals surface area contributed by atoms with E-state index in [-0.39, 0.29) is 133 Å². The van der Waals surface area contributed by atoms with Crippen molar-refractivity contribution in [2.75, 3.05) is 108 Å². The Morgan fingerprint density at radius 3 is 1.77 bits per heavy atom. The van der Waals surface area contributed by atoms with Gasteiger partial charge >= 0.3 is 18.0 Å². The van der Waals surface area contributed by atoms with E-state index in [4.69, 9.17) is 37.9 Å². The standard InChI is InChI=1S/C75H128N10O19/c1-21-50(8)64(83(18)71(94)61(47(2)3)80-69(92)63(49(6)7)82(16)17)57(97-19)46-59(87)84-35-25-30-55(84)65(98-20)51(9)66(89)79-53(44-52-28-23-22-24-29-52)67(90)76-33-27-37-102-72(95)62(48(4)5)81-68(91)56-31-26-36-85(56)70(93)54(45-60(88)103-74(10,11)12)78-58(86)32-38-99-40-42-101-43-41-100-39-34-77-73(96)104-75(13,14)15/h22-24,28-29,47-51,53-57,61-65H,21,25-27,30-46H2,1-20H3,(H,76,90)(H,77,96)(H,78,86)(H,79,89)(H,80,92)(H,81,91)/t50-,51+,53-,54-,55-,56-,57+,61-,62-,63-,64-,65+/m0/s1. The summed E-state index contributed by atoms with van der Waals surface area (Å²) in [6, 6.07) is 2.15. The maximum Gasteiger partial charge on any atom is 0.407 e. The molecule has 2 saturated heterocycles. The van der Waals surface area contributed by atoms with Gasteiger partial charge in [-0.2, -0.15) is 0 Å². The Bertz CT molecular complexity index is 2860. The summed E-state index contributed by atoms with van der Waals surface area (Å²) in [6.07, 6.45) is -0.0353. The molecule has 0 aliphatic carbocycles. The normalized spacial score (nSPS) is 17.7. The van der Waals surface area contributed by atoms with Gasteiger partial charge in [-0.15, -0.1) is 0 Å². The van der Waals surface area contributed by atoms with E-state index >= 15 is 0 Å². The molecule has 1 aromatic rings. The number of likely N-dealkylation sites (N-methyl/N-ethyl adjacent to an activating group) is 2. The van der Waals surface area contributed by atoms with Gasteiger partial charge in [-0.3, -0.25) is 48.1 Å². The molecule has 0 radical (unpaired) electrons. The lowest BCUT2D eigenvalue weighted by Gasteiger charge is -2.41. The smallest absolute Gasteiger partial charge is 0.407 e. The molecule has 3 rings (SSSR count). The third-order valence-corrected chi connectivity index (χ3v) is 18.3. The van der Waals surface area contributed by atoms with Crippen molar-refractivity contribution in [3.8, 4) is 0 Å². The van der Waals surface area contributed by atoms with E-state index < -0.39 is 138 Å². The lowest BCUT2D eigenvalue weighted by Crippen LogP contribution is -2.59. The van der Waals surface area contributed by atoms with Gasteiger partial charge in [0.2, 0.25) is 47.3 Å². The van der Waals surface area contributed by atoms with E-state index in [0.717, 1.165) is 5.56 Å². The van der Waals surface area contributed by atoms with E-state index in [1.54, 1.807) is 79.2 Å². The summed E-state index contributed by atoms with van der Waals surface area (Å²) in [6.45, 7) is 28.9. The van der Waals surface area contributed by atoms with Crippen molar-refractivity contribution in [1.82, 2.24) is 51.5 Å². The molecule has 29 nitrogen and oxygen atoms in total. The number of carbonyl (C=O) groups excluding carboxylic acids is 11. The number of benzene rings is 1. The first-order valence-electron chi connectivity index (χ1n) is 37.1. The zero-order valence-corrected chi connectivity index (χ0v) is 65.9. The van der Waals surface area contributed by atoms with Gasteiger partial charge in [-0.25, -0.2) is 9.59 Å². The predicted octanol–water partition coefficient (Wildman–Crippen LogP) is 4.72. The minimum Gasteiger partial charge on any atom is -0.464 e. The summed E-state index contributed by atoms with van der Waals surface area (Å²) in [7, 11) is 8.37. The van der Waals surface area contributed by atoms with Gasteiger partial charge in [-0.05, 0) is 117 Å². The molecule has 1 aromatic carbocycles. The maximum atomic E-state index is 14.6. The first-order chi connectivity index (χ1) is 48.9. The van der Waals surface area contributed by atoms with Crippen LogP contribution in [-0.4, -0.2) is 264 Å². The van der Waals surface area contributed by atoms with Gasteiger partial charge < -0.3 is 84.5 Å². The van der Waals surface area contributed by atoms with E-state index in [0.29, 0.717) is 32.2 Å². The molecule has 0 aromatic heterocycles. The van der Waals surface area contributed by atoms with Crippen molar-refractivity contribution in [3.63, 3.8) is 0 Å². The second kappa shape index (κ2) is 45.5. The van der Waals surface area contributed by atoms with Crippen molar-refractivity contribution >= 4 is 65.3 Å². The molecule has 0 saturated carbocycles. The minimum atomic E-state index is -1.39. The number of nitrogens with one attached hydrogen (secondary N) is 6. The van der Waals surface area contributed by atoms with Gasteiger partial charge in [-0.1, -0.05) is 99.1 Å². The van der Waals surface area contributed by atoms with Gasteiger partial charge in [0.05, 0.1) is 95.3 Å². The van der Waals surface area contributed by atoms with Crippen LogP contribution < -0.4 is 31.9 Å².